The van der Waals surface area contributed by atoms with Gasteiger partial charge in [-0.05, 0) is 31.1 Å². The molecule has 0 bridgehead atoms. The first-order chi connectivity index (χ1) is 8.01. The number of carbonyl (C=O) groups excluding carboxylic acids is 1. The van der Waals surface area contributed by atoms with Crippen LogP contribution in [-0.4, -0.2) is 43.0 Å². The van der Waals surface area contributed by atoms with E-state index in [1.807, 2.05) is 4.90 Å². The maximum absolute atomic E-state index is 11.9. The van der Waals surface area contributed by atoms with E-state index in [2.05, 4.69) is 13.0 Å². The second kappa shape index (κ2) is 4.21. The van der Waals surface area contributed by atoms with E-state index in [0.29, 0.717) is 11.8 Å². The summed E-state index contributed by atoms with van der Waals surface area (Å²) in [6.45, 7) is 3.78. The molecule has 0 aromatic heterocycles. The van der Waals surface area contributed by atoms with Crippen LogP contribution < -0.4 is 0 Å². The lowest BCUT2D eigenvalue weighted by Gasteiger charge is -2.25. The molecule has 0 spiro atoms. The molecule has 4 heteroatoms. The van der Waals surface area contributed by atoms with E-state index in [-0.39, 0.29) is 11.4 Å². The molecule has 2 amide bonds. The zero-order valence-corrected chi connectivity index (χ0v) is 10.9. The summed E-state index contributed by atoms with van der Waals surface area (Å²) < 4.78 is 0. The van der Waals surface area contributed by atoms with Crippen molar-refractivity contribution in [1.29, 1.82) is 5.26 Å². The topological polar surface area (TPSA) is 47.3 Å². The minimum absolute atomic E-state index is 0.109. The summed E-state index contributed by atoms with van der Waals surface area (Å²) in [5, 5.41) is 9.30. The number of fused-ring (bicyclic) bond motifs is 1. The Balaban J connectivity index is 2.01. The predicted molar refractivity (Wildman–Crippen MR) is 65.2 cm³/mol. The fourth-order valence-corrected chi connectivity index (χ4v) is 3.39. The normalized spacial score (nSPS) is 35.5. The molecule has 0 aromatic rings. The first-order valence-corrected chi connectivity index (χ1v) is 6.39. The molecule has 0 aromatic carbocycles. The van der Waals surface area contributed by atoms with Crippen molar-refractivity contribution in [2.24, 2.45) is 17.3 Å². The molecule has 17 heavy (non-hydrogen) atoms. The highest BCUT2D eigenvalue weighted by Gasteiger charge is 2.49. The minimum atomic E-state index is -0.109. The lowest BCUT2D eigenvalue weighted by molar-refractivity contribution is 0.175. The molecule has 4 nitrogen and oxygen atoms in total. The van der Waals surface area contributed by atoms with E-state index in [1.54, 1.807) is 19.0 Å². The van der Waals surface area contributed by atoms with Crippen LogP contribution in [0.3, 0.4) is 0 Å². The van der Waals surface area contributed by atoms with Gasteiger partial charge in [-0.2, -0.15) is 5.26 Å². The van der Waals surface area contributed by atoms with Crippen LogP contribution >= 0.6 is 0 Å². The lowest BCUT2D eigenvalue weighted by atomic mass is 9.83. The largest absolute Gasteiger partial charge is 0.331 e. The van der Waals surface area contributed by atoms with Crippen LogP contribution in [0.15, 0.2) is 0 Å². The first-order valence-electron chi connectivity index (χ1n) is 6.39. The maximum Gasteiger partial charge on any atom is 0.319 e. The third kappa shape index (κ3) is 1.99. The summed E-state index contributed by atoms with van der Waals surface area (Å²) in [6.07, 6.45) is 2.89. The van der Waals surface area contributed by atoms with Gasteiger partial charge in [0.05, 0.1) is 11.5 Å². The van der Waals surface area contributed by atoms with Crippen LogP contribution in [-0.2, 0) is 0 Å². The third-order valence-electron chi connectivity index (χ3n) is 4.45. The van der Waals surface area contributed by atoms with Gasteiger partial charge < -0.3 is 9.80 Å². The maximum atomic E-state index is 11.9. The van der Waals surface area contributed by atoms with E-state index in [4.69, 9.17) is 0 Å². The molecule has 1 saturated carbocycles. The average molecular weight is 235 g/mol. The number of rotatable bonds is 1. The number of nitriles is 1. The van der Waals surface area contributed by atoms with Crippen LogP contribution in [0, 0.1) is 28.6 Å². The van der Waals surface area contributed by atoms with Crippen molar-refractivity contribution in [3.63, 3.8) is 0 Å². The molecule has 1 aliphatic carbocycles. The number of urea groups is 1. The zero-order valence-electron chi connectivity index (χ0n) is 10.9. The van der Waals surface area contributed by atoms with Gasteiger partial charge in [0, 0.05) is 27.2 Å². The number of amides is 2. The Morgan fingerprint density at radius 3 is 2.29 bits per heavy atom. The van der Waals surface area contributed by atoms with Crippen molar-refractivity contribution in [3.8, 4) is 6.07 Å². The molecule has 94 valence electrons. The highest BCUT2D eigenvalue weighted by molar-refractivity contribution is 5.74. The lowest BCUT2D eigenvalue weighted by Crippen LogP contribution is -2.38. The van der Waals surface area contributed by atoms with Gasteiger partial charge in [0.25, 0.3) is 0 Å². The monoisotopic (exact) mass is 235 g/mol. The Morgan fingerprint density at radius 1 is 1.41 bits per heavy atom. The summed E-state index contributed by atoms with van der Waals surface area (Å²) in [5.41, 5.74) is -0.109. The number of hydrogen-bond acceptors (Lipinski definition) is 2. The molecule has 0 radical (unpaired) electrons. The van der Waals surface area contributed by atoms with E-state index in [9.17, 15) is 10.1 Å². The van der Waals surface area contributed by atoms with E-state index >= 15 is 0 Å². The highest BCUT2D eigenvalue weighted by Crippen LogP contribution is 2.50. The quantitative estimate of drug-likeness (QED) is 0.697. The fourth-order valence-electron chi connectivity index (χ4n) is 3.39. The molecule has 2 aliphatic rings. The second-order valence-corrected chi connectivity index (χ2v) is 5.76. The molecule has 3 atom stereocenters. The van der Waals surface area contributed by atoms with Gasteiger partial charge in [-0.3, -0.25) is 0 Å². The molecule has 1 aliphatic heterocycles. The van der Waals surface area contributed by atoms with Crippen LogP contribution in [0.2, 0.25) is 0 Å². The van der Waals surface area contributed by atoms with Crippen LogP contribution in [0.1, 0.15) is 26.2 Å². The van der Waals surface area contributed by atoms with Gasteiger partial charge in [-0.15, -0.1) is 0 Å². The van der Waals surface area contributed by atoms with E-state index in [1.165, 1.54) is 0 Å². The van der Waals surface area contributed by atoms with Crippen molar-refractivity contribution in [2.45, 2.75) is 26.2 Å². The summed E-state index contributed by atoms with van der Waals surface area (Å²) in [7, 11) is 3.59. The Labute approximate surface area is 103 Å². The van der Waals surface area contributed by atoms with Crippen molar-refractivity contribution >= 4 is 6.03 Å². The van der Waals surface area contributed by atoms with Gasteiger partial charge in [-0.25, -0.2) is 4.79 Å². The van der Waals surface area contributed by atoms with Crippen molar-refractivity contribution in [2.75, 3.05) is 27.2 Å². The van der Waals surface area contributed by atoms with Gasteiger partial charge in [0.15, 0.2) is 0 Å². The number of carbonyl (C=O) groups is 1. The highest BCUT2D eigenvalue weighted by atomic mass is 16.2. The SMILES string of the molecule is CC[C@]1(C#N)C[C@H]2CN(C(=O)N(C)C)C[C@H]2C1. The molecule has 0 unspecified atom stereocenters. The molecule has 0 N–H and O–H groups in total. The Morgan fingerprint density at radius 2 is 1.94 bits per heavy atom. The summed E-state index contributed by atoms with van der Waals surface area (Å²) >= 11 is 0. The molecule has 2 fully saturated rings. The summed E-state index contributed by atoms with van der Waals surface area (Å²) in [4.78, 5) is 15.4. The van der Waals surface area contributed by atoms with Crippen molar-refractivity contribution in [3.05, 3.63) is 0 Å². The smallest absolute Gasteiger partial charge is 0.319 e. The van der Waals surface area contributed by atoms with Crippen LogP contribution in [0.4, 0.5) is 4.79 Å². The number of nitrogens with zero attached hydrogens (tertiary/aromatic N) is 3. The van der Waals surface area contributed by atoms with Gasteiger partial charge in [0.2, 0.25) is 0 Å². The van der Waals surface area contributed by atoms with E-state index < -0.39 is 0 Å². The standard InChI is InChI=1S/C13H21N3O/c1-4-13(9-14)5-10-7-16(8-11(10)6-13)12(17)15(2)3/h10-11H,4-8H2,1-3H3/t10-,11+,13-. The van der Waals surface area contributed by atoms with Crippen molar-refractivity contribution in [1.82, 2.24) is 9.80 Å². The molecule has 2 rings (SSSR count). The Kier molecular flexibility index (Phi) is 3.03. The predicted octanol–water partition coefficient (Wildman–Crippen LogP) is 1.93. The summed E-state index contributed by atoms with van der Waals surface area (Å²) in [6, 6.07) is 2.62. The average Bonchev–Trinajstić information content (AvgIpc) is 2.83. The Bertz CT molecular complexity index is 344. The Hall–Kier alpha value is -1.24. The molecule has 1 heterocycles. The first kappa shape index (κ1) is 12.2. The van der Waals surface area contributed by atoms with Crippen molar-refractivity contribution < 1.29 is 4.79 Å². The van der Waals surface area contributed by atoms with E-state index in [0.717, 1.165) is 32.4 Å². The van der Waals surface area contributed by atoms with Gasteiger partial charge >= 0.3 is 6.03 Å². The zero-order chi connectivity index (χ0) is 12.6. The molecule has 1 saturated heterocycles. The second-order valence-electron chi connectivity index (χ2n) is 5.76. The number of hydrogen-bond donors (Lipinski definition) is 0. The van der Waals surface area contributed by atoms with Crippen LogP contribution in [0.25, 0.3) is 0 Å². The minimum Gasteiger partial charge on any atom is -0.331 e. The summed E-state index contributed by atoms with van der Waals surface area (Å²) in [5.74, 6) is 1.08. The van der Waals surface area contributed by atoms with Gasteiger partial charge in [-0.1, -0.05) is 6.92 Å². The van der Waals surface area contributed by atoms with Crippen LogP contribution in [0.5, 0.6) is 0 Å². The van der Waals surface area contributed by atoms with Gasteiger partial charge in [0.1, 0.15) is 0 Å². The molecular weight excluding hydrogens is 214 g/mol. The third-order valence-corrected chi connectivity index (χ3v) is 4.45. The molecular formula is C13H21N3O. The fraction of sp³-hybridized carbons (Fsp3) is 0.846. The number of likely N-dealkylation sites (tertiary alicyclic amines) is 1.